The fraction of sp³-hybridized carbons (Fsp3) is 0.759. The molecule has 0 atom stereocenters. The van der Waals surface area contributed by atoms with Crippen molar-refractivity contribution in [3.8, 4) is 0 Å². The zero-order valence-electron chi connectivity index (χ0n) is 79.3. The van der Waals surface area contributed by atoms with E-state index in [0.717, 1.165) is 19.6 Å². The number of rotatable bonds is 49. The minimum absolute atomic E-state index is 0.0195. The summed E-state index contributed by atoms with van der Waals surface area (Å²) in [5.74, 6) is -19.1. The van der Waals surface area contributed by atoms with Crippen molar-refractivity contribution in [2.75, 3.05) is 388 Å². The maximum absolute atomic E-state index is 14.8. The molecule has 4 saturated heterocycles. The lowest BCUT2D eigenvalue weighted by Gasteiger charge is -2.36. The summed E-state index contributed by atoms with van der Waals surface area (Å²) in [5.41, 5.74) is -1.74. The van der Waals surface area contributed by atoms with Gasteiger partial charge in [0.25, 0.3) is 0 Å². The lowest BCUT2D eigenvalue weighted by molar-refractivity contribution is -0.141. The largest absolute Gasteiger partial charge is 0.480 e. The first-order valence-electron chi connectivity index (χ1n) is 45.3. The normalized spacial score (nSPS) is 18.3. The van der Waals surface area contributed by atoms with Crippen LogP contribution < -0.4 is 16.0 Å². The van der Waals surface area contributed by atoms with Gasteiger partial charge in [0.15, 0.2) is 5.78 Å². The number of Topliss-reactive ketones (excluding diaryl/α,β-unsaturated/α-hetero) is 2. The Morgan fingerprint density at radius 1 is 0.212 bits per heavy atom. The standard InChI is InChI=1S/C83H143N23O31/c1-63(107)40-91-8-18-96(49-72(116)117)20-12-93(13-21-97(19-9-91)50-73(118)119)46-69(113)88(3)42-65(109)84-60-83(7-6-64(108)41-87(2)68(112)45-92-10-22-98(51-74(120)121)28-34-104(57-80(132)133)35-29-99(23-11-92)52-75(122)123,61-85-66(110)43-89(4)70(114)47-94-14-24-100(53-76(124)125)30-36-105(58-81(134)135)37-31-101(25-15-94)54-77(126)127)62-86-67(111)44-90(5)71(115)48-95-16-26-102(55-78(128)129)32-38-106(59-82(136)137)39-33-103(27-17-95)56-79(130)131/h6-62H2,1-5H3,(H,84,109)(H,85,110)(H,86,111)(H,116,117)(H,118,119)(H,120,121)(H,122,123)(H,124,125)(H,126,127)(H,128,129)(H,130,131)(H,132,133)(H,134,135)(H,136,137). The highest BCUT2D eigenvalue weighted by Gasteiger charge is 2.37. The summed E-state index contributed by atoms with van der Waals surface area (Å²) >= 11 is 0. The molecule has 4 heterocycles. The number of carboxylic acid groups (broad SMARTS) is 11. The Bertz CT molecular complexity index is 3390. The molecule has 137 heavy (non-hydrogen) atoms. The number of amides is 7. The average molecular weight is 1960 g/mol. The molecule has 0 aromatic carbocycles. The first-order valence-corrected chi connectivity index (χ1v) is 45.3. The smallest absolute Gasteiger partial charge is 0.317 e. The van der Waals surface area contributed by atoms with E-state index in [-0.39, 0.29) is 228 Å². The molecule has 0 aliphatic carbocycles. The van der Waals surface area contributed by atoms with Crippen molar-refractivity contribution in [1.29, 1.82) is 0 Å². The Morgan fingerprint density at radius 3 is 0.482 bits per heavy atom. The highest BCUT2D eigenvalue weighted by Crippen LogP contribution is 2.24. The number of nitrogens with one attached hydrogen (secondary N) is 3. The maximum Gasteiger partial charge on any atom is 0.317 e. The third-order valence-electron chi connectivity index (χ3n) is 23.7. The number of carbonyl (C=O) groups is 20. The first kappa shape index (κ1) is 118. The zero-order chi connectivity index (χ0) is 102. The molecule has 7 amide bonds. The molecule has 54 nitrogen and oxygen atoms in total. The maximum atomic E-state index is 14.8. The Balaban J connectivity index is 1.82. The predicted molar refractivity (Wildman–Crippen MR) is 484 cm³/mol. The van der Waals surface area contributed by atoms with Crippen LogP contribution in [0.25, 0.3) is 0 Å². The monoisotopic (exact) mass is 1960 g/mol. The van der Waals surface area contributed by atoms with Gasteiger partial charge in [0.05, 0.1) is 131 Å². The molecule has 0 aromatic rings. The molecule has 0 spiro atoms. The van der Waals surface area contributed by atoms with Crippen molar-refractivity contribution >= 4 is 119 Å². The molecule has 54 heteroatoms. The van der Waals surface area contributed by atoms with Crippen LogP contribution in [0.5, 0.6) is 0 Å². The summed E-state index contributed by atoms with van der Waals surface area (Å²) in [6.45, 7) is -7.23. The minimum Gasteiger partial charge on any atom is -0.480 e. The third-order valence-corrected chi connectivity index (χ3v) is 23.7. The Hall–Kier alpha value is -10.8. The summed E-state index contributed by atoms with van der Waals surface area (Å²) in [5, 5.41) is 116. The molecule has 4 aliphatic heterocycles. The second-order valence-electron chi connectivity index (χ2n) is 35.3. The summed E-state index contributed by atoms with van der Waals surface area (Å²) in [6, 6.07) is 0. The van der Waals surface area contributed by atoms with E-state index in [0.29, 0.717) is 0 Å². The van der Waals surface area contributed by atoms with Gasteiger partial charge in [0.1, 0.15) is 5.78 Å². The van der Waals surface area contributed by atoms with Crippen LogP contribution in [0.1, 0.15) is 19.8 Å². The quantitative estimate of drug-likeness (QED) is 0.0269. The van der Waals surface area contributed by atoms with Gasteiger partial charge < -0.3 is 91.7 Å². The predicted octanol–water partition coefficient (Wildman–Crippen LogP) is -12.1. The molecular formula is C83H143N23O31. The molecule has 4 fully saturated rings. The van der Waals surface area contributed by atoms with Gasteiger partial charge >= 0.3 is 65.7 Å². The fourth-order valence-corrected chi connectivity index (χ4v) is 15.7. The number of likely N-dealkylation sites (N-methyl/N-ethyl adjacent to an activating group) is 4. The summed E-state index contributed by atoms with van der Waals surface area (Å²) in [7, 11) is 5.19. The zero-order valence-corrected chi connectivity index (χ0v) is 79.3. The molecule has 0 saturated carbocycles. The Kier molecular flexibility index (Phi) is 54.4. The van der Waals surface area contributed by atoms with E-state index in [2.05, 4.69) is 16.0 Å². The van der Waals surface area contributed by atoms with E-state index in [4.69, 9.17) is 0 Å². The van der Waals surface area contributed by atoms with Crippen LogP contribution in [0, 0.1) is 5.41 Å². The van der Waals surface area contributed by atoms with E-state index in [1.54, 1.807) is 78.4 Å². The molecular weight excluding hydrogens is 1820 g/mol. The SMILES string of the molecule is CC(=O)CN1CCN(CC(=O)O)CCN(CC(=O)N(C)CC(=O)NCC(CCC(=O)CN(C)C(=O)CN2CCN(CC(=O)O)CCN(CC(=O)O)CCN(CC(=O)O)CC2)(CNC(=O)CN(C)C(=O)CN2CCN(CC(=O)O)CCN(CC(=O)O)CCN(CC(=O)O)CC2)CNC(=O)CN(C)C(=O)CN2CCN(CC(=O)O)CCN(CC(=O)O)CCN(CC(=O)O)CC2)CCN(CC(=O)O)CC1. The van der Waals surface area contributed by atoms with Crippen LogP contribution in [-0.4, -0.2) is 661 Å². The lowest BCUT2D eigenvalue weighted by Crippen LogP contribution is -2.55. The number of nitrogens with zero attached hydrogens (tertiary/aromatic N) is 20. The number of hydrogen-bond donors (Lipinski definition) is 14. The van der Waals surface area contributed by atoms with E-state index in [9.17, 15) is 152 Å². The number of carbonyl (C=O) groups excluding carboxylic acids is 9. The summed E-state index contributed by atoms with van der Waals surface area (Å²) in [6.07, 6.45) is -0.905. The van der Waals surface area contributed by atoms with E-state index in [1.807, 2.05) is 0 Å². The number of carboxylic acids is 11. The highest BCUT2D eigenvalue weighted by molar-refractivity contribution is 5.89. The number of ketones is 2. The summed E-state index contributed by atoms with van der Waals surface area (Å²) < 4.78 is 0. The van der Waals surface area contributed by atoms with Gasteiger partial charge in [-0.05, 0) is 13.3 Å². The van der Waals surface area contributed by atoms with E-state index in [1.165, 1.54) is 35.1 Å². The van der Waals surface area contributed by atoms with Crippen LogP contribution in [0.3, 0.4) is 0 Å². The van der Waals surface area contributed by atoms with Gasteiger partial charge in [0, 0.05) is 269 Å². The number of hydrogen-bond acceptors (Lipinski definition) is 36. The van der Waals surface area contributed by atoms with Gasteiger partial charge in [-0.1, -0.05) is 0 Å². The van der Waals surface area contributed by atoms with Gasteiger partial charge in [-0.25, -0.2) is 0 Å². The van der Waals surface area contributed by atoms with Crippen LogP contribution in [0.15, 0.2) is 0 Å². The third kappa shape index (κ3) is 53.1. The highest BCUT2D eigenvalue weighted by atomic mass is 16.4. The fourth-order valence-electron chi connectivity index (χ4n) is 15.7. The van der Waals surface area contributed by atoms with Crippen LogP contribution in [0.4, 0.5) is 0 Å². The lowest BCUT2D eigenvalue weighted by atomic mass is 9.81. The molecule has 776 valence electrons. The molecule has 4 rings (SSSR count). The number of aliphatic carboxylic acids is 11. The van der Waals surface area contributed by atoms with E-state index < -0.39 is 268 Å². The van der Waals surface area contributed by atoms with E-state index >= 15 is 0 Å². The topological polar surface area (TPSA) is 665 Å². The van der Waals surface area contributed by atoms with Gasteiger partial charge in [-0.15, -0.1) is 0 Å². The van der Waals surface area contributed by atoms with Crippen molar-refractivity contribution in [1.82, 2.24) is 114 Å². The van der Waals surface area contributed by atoms with Crippen LogP contribution in [-0.2, 0) is 95.9 Å². The molecule has 0 aromatic heterocycles. The Morgan fingerprint density at radius 2 is 0.343 bits per heavy atom. The molecule has 14 N–H and O–H groups in total. The minimum atomic E-state index is -1.74. The average Bonchev–Trinajstić information content (AvgIpc) is 0.795. The van der Waals surface area contributed by atoms with Crippen LogP contribution in [0.2, 0.25) is 0 Å². The Labute approximate surface area is 794 Å². The van der Waals surface area contributed by atoms with Crippen molar-refractivity contribution in [3.63, 3.8) is 0 Å². The van der Waals surface area contributed by atoms with Gasteiger partial charge in [-0.3, -0.25) is 174 Å². The molecule has 0 unspecified atom stereocenters. The molecule has 0 bridgehead atoms. The van der Waals surface area contributed by atoms with Gasteiger partial charge in [-0.2, -0.15) is 0 Å². The summed E-state index contributed by atoms with van der Waals surface area (Å²) in [4.78, 5) is 291. The molecule has 0 radical (unpaired) electrons. The van der Waals surface area contributed by atoms with Crippen molar-refractivity contribution in [3.05, 3.63) is 0 Å². The first-order chi connectivity index (χ1) is 64.6. The van der Waals surface area contributed by atoms with Crippen molar-refractivity contribution < 1.29 is 152 Å². The second-order valence-corrected chi connectivity index (χ2v) is 35.3. The van der Waals surface area contributed by atoms with Gasteiger partial charge in [0.2, 0.25) is 41.4 Å². The van der Waals surface area contributed by atoms with Crippen molar-refractivity contribution in [2.24, 2.45) is 5.41 Å². The van der Waals surface area contributed by atoms with Crippen molar-refractivity contribution in [2.45, 2.75) is 19.8 Å². The van der Waals surface area contributed by atoms with Crippen LogP contribution >= 0.6 is 0 Å². The molecule has 4 aliphatic rings. The second kappa shape index (κ2) is 62.9.